The molecule has 2 amide bonds. The van der Waals surface area contributed by atoms with Gasteiger partial charge in [0.15, 0.2) is 0 Å². The standard InChI is InChI=1S/C20H30N4O5S/c1-10-15-14(11(2)25)19(27)24(15)16(20(28)29)17(10)30-12-8-13(22(3)9-12)18(26)23-6-4-21-5-7-23/h10-15,21,25H,4-9H2,1-3H3,(H,28,29)/t10-,11-,12+,13+,14-,15-/m1/s1. The van der Waals surface area contributed by atoms with Gasteiger partial charge >= 0.3 is 5.97 Å². The van der Waals surface area contributed by atoms with E-state index in [1.807, 2.05) is 18.9 Å². The second-order valence-electron chi connectivity index (χ2n) is 8.78. The Kier molecular flexibility index (Phi) is 5.86. The molecule has 10 heteroatoms. The Morgan fingerprint density at radius 3 is 2.53 bits per heavy atom. The third-order valence-corrected chi connectivity index (χ3v) is 8.32. The molecule has 0 bridgehead atoms. The smallest absolute Gasteiger partial charge is 0.353 e. The minimum atomic E-state index is -1.11. The van der Waals surface area contributed by atoms with E-state index in [2.05, 4.69) is 10.2 Å². The Balaban J connectivity index is 1.49. The fraction of sp³-hybridized carbons (Fsp3) is 0.750. The predicted molar refractivity (Wildman–Crippen MR) is 111 cm³/mol. The highest BCUT2D eigenvalue weighted by atomic mass is 32.2. The van der Waals surface area contributed by atoms with Gasteiger partial charge < -0.3 is 25.3 Å². The zero-order chi connectivity index (χ0) is 21.7. The Morgan fingerprint density at radius 1 is 1.27 bits per heavy atom. The average molecular weight is 439 g/mol. The lowest BCUT2D eigenvalue weighted by Gasteiger charge is -2.46. The lowest BCUT2D eigenvalue weighted by Crippen LogP contribution is -2.63. The summed E-state index contributed by atoms with van der Waals surface area (Å²) in [6.45, 7) is 7.24. The quantitative estimate of drug-likeness (QED) is 0.487. The number of likely N-dealkylation sites (tertiary alicyclic amines) is 1. The molecule has 3 saturated heterocycles. The number of hydrogen-bond donors (Lipinski definition) is 3. The van der Waals surface area contributed by atoms with Crippen LogP contribution in [0.5, 0.6) is 0 Å². The summed E-state index contributed by atoms with van der Waals surface area (Å²) in [5, 5.41) is 23.1. The number of nitrogens with zero attached hydrogens (tertiary/aromatic N) is 3. The number of carbonyl (C=O) groups excluding carboxylic acids is 2. The minimum absolute atomic E-state index is 0.0546. The number of fused-ring (bicyclic) bond motifs is 1. The number of likely N-dealkylation sites (N-methyl/N-ethyl adjacent to an activating group) is 1. The van der Waals surface area contributed by atoms with Crippen molar-refractivity contribution in [3.05, 3.63) is 10.6 Å². The van der Waals surface area contributed by atoms with Crippen LogP contribution in [0.4, 0.5) is 0 Å². The molecule has 3 N–H and O–H groups in total. The van der Waals surface area contributed by atoms with Crippen LogP contribution in [0.2, 0.25) is 0 Å². The fourth-order valence-electron chi connectivity index (χ4n) is 5.28. The number of aliphatic carboxylic acids is 1. The molecule has 3 fully saturated rings. The number of carboxylic acid groups (broad SMARTS) is 1. The molecule has 4 aliphatic heterocycles. The van der Waals surface area contributed by atoms with Gasteiger partial charge in [-0.25, -0.2) is 4.79 Å². The van der Waals surface area contributed by atoms with Gasteiger partial charge in [0.05, 0.1) is 24.1 Å². The van der Waals surface area contributed by atoms with Crippen LogP contribution >= 0.6 is 11.8 Å². The first kappa shape index (κ1) is 21.6. The molecule has 0 aromatic rings. The fourth-order valence-corrected chi connectivity index (χ4v) is 6.88. The highest BCUT2D eigenvalue weighted by molar-refractivity contribution is 8.03. The van der Waals surface area contributed by atoms with Crippen molar-refractivity contribution in [2.75, 3.05) is 39.8 Å². The number of hydrogen-bond acceptors (Lipinski definition) is 7. The molecule has 0 spiro atoms. The van der Waals surface area contributed by atoms with Gasteiger partial charge in [0.1, 0.15) is 5.70 Å². The number of β-lactam (4-membered cyclic amide) rings is 1. The van der Waals surface area contributed by atoms with E-state index in [-0.39, 0.29) is 40.8 Å². The second-order valence-corrected chi connectivity index (χ2v) is 10.1. The van der Waals surface area contributed by atoms with Crippen molar-refractivity contribution in [2.24, 2.45) is 11.8 Å². The maximum atomic E-state index is 13.0. The normalized spacial score (nSPS) is 35.5. The highest BCUT2D eigenvalue weighted by Crippen LogP contribution is 2.52. The number of carboxylic acids is 1. The van der Waals surface area contributed by atoms with Crippen LogP contribution in [-0.2, 0) is 14.4 Å². The van der Waals surface area contributed by atoms with Gasteiger partial charge in [-0.1, -0.05) is 6.92 Å². The van der Waals surface area contributed by atoms with Crippen LogP contribution in [0.25, 0.3) is 0 Å². The van der Waals surface area contributed by atoms with Crippen molar-refractivity contribution in [1.82, 2.24) is 20.0 Å². The highest BCUT2D eigenvalue weighted by Gasteiger charge is 2.60. The van der Waals surface area contributed by atoms with E-state index in [1.165, 1.54) is 16.7 Å². The van der Waals surface area contributed by atoms with Crippen molar-refractivity contribution >= 4 is 29.5 Å². The van der Waals surface area contributed by atoms with Crippen molar-refractivity contribution in [3.63, 3.8) is 0 Å². The first-order valence-corrected chi connectivity index (χ1v) is 11.4. The van der Waals surface area contributed by atoms with Crippen molar-refractivity contribution in [2.45, 2.75) is 43.7 Å². The van der Waals surface area contributed by atoms with Crippen molar-refractivity contribution in [3.8, 4) is 0 Å². The summed E-state index contributed by atoms with van der Waals surface area (Å²) in [5.74, 6) is -1.98. The van der Waals surface area contributed by atoms with Crippen molar-refractivity contribution in [1.29, 1.82) is 0 Å². The monoisotopic (exact) mass is 438 g/mol. The lowest BCUT2D eigenvalue weighted by atomic mass is 9.79. The number of rotatable bonds is 5. The van der Waals surface area contributed by atoms with Crippen molar-refractivity contribution < 1.29 is 24.6 Å². The molecule has 4 aliphatic rings. The Morgan fingerprint density at radius 2 is 1.93 bits per heavy atom. The summed E-state index contributed by atoms with van der Waals surface area (Å²) in [5.41, 5.74) is 0.0546. The lowest BCUT2D eigenvalue weighted by molar-refractivity contribution is -0.163. The molecule has 0 aromatic carbocycles. The number of aliphatic hydroxyl groups excluding tert-OH is 1. The largest absolute Gasteiger partial charge is 0.477 e. The van der Waals surface area contributed by atoms with Gasteiger partial charge in [-0.15, -0.1) is 11.8 Å². The second kappa shape index (κ2) is 8.14. The first-order chi connectivity index (χ1) is 14.2. The number of amides is 2. The third-order valence-electron chi connectivity index (χ3n) is 6.83. The summed E-state index contributed by atoms with van der Waals surface area (Å²) >= 11 is 1.49. The summed E-state index contributed by atoms with van der Waals surface area (Å²) < 4.78 is 0. The molecule has 0 saturated carbocycles. The molecule has 0 unspecified atom stereocenters. The average Bonchev–Trinajstić information content (AvgIpc) is 3.18. The van der Waals surface area contributed by atoms with E-state index in [0.717, 1.165) is 13.1 Å². The van der Waals surface area contributed by atoms with E-state index in [4.69, 9.17) is 0 Å². The van der Waals surface area contributed by atoms with Gasteiger partial charge in [0.2, 0.25) is 11.8 Å². The van der Waals surface area contributed by atoms with Crippen LogP contribution in [-0.4, -0.2) is 106 Å². The molecule has 0 aliphatic carbocycles. The molecule has 9 nitrogen and oxygen atoms in total. The van der Waals surface area contributed by atoms with E-state index < -0.39 is 18.0 Å². The number of piperazine rings is 1. The van der Waals surface area contributed by atoms with Gasteiger partial charge in [0.25, 0.3) is 0 Å². The topological polar surface area (TPSA) is 113 Å². The van der Waals surface area contributed by atoms with E-state index in [9.17, 15) is 24.6 Å². The number of carbonyl (C=O) groups is 3. The Labute approximate surface area is 180 Å². The van der Waals surface area contributed by atoms with Gasteiger partial charge in [-0.05, 0) is 20.4 Å². The Hall–Kier alpha value is -1.62. The summed E-state index contributed by atoms with van der Waals surface area (Å²) in [6, 6.07) is -0.501. The molecule has 4 heterocycles. The molecule has 4 rings (SSSR count). The minimum Gasteiger partial charge on any atom is -0.477 e. The van der Waals surface area contributed by atoms with Crippen LogP contribution in [0.15, 0.2) is 10.6 Å². The third kappa shape index (κ3) is 3.43. The van der Waals surface area contributed by atoms with Crippen LogP contribution in [0.1, 0.15) is 20.3 Å². The molecule has 6 atom stereocenters. The molecule has 30 heavy (non-hydrogen) atoms. The van der Waals surface area contributed by atoms with Crippen LogP contribution in [0, 0.1) is 11.8 Å². The zero-order valence-corrected chi connectivity index (χ0v) is 18.4. The van der Waals surface area contributed by atoms with E-state index in [0.29, 0.717) is 31.0 Å². The predicted octanol–water partition coefficient (Wildman–Crippen LogP) is -0.622. The summed E-state index contributed by atoms with van der Waals surface area (Å²) in [7, 11) is 1.94. The van der Waals surface area contributed by atoms with Crippen LogP contribution < -0.4 is 5.32 Å². The molecular formula is C20H30N4O5S. The molecule has 0 aromatic heterocycles. The first-order valence-electron chi connectivity index (χ1n) is 10.6. The van der Waals surface area contributed by atoms with Gasteiger partial charge in [-0.3, -0.25) is 14.5 Å². The summed E-state index contributed by atoms with van der Waals surface area (Å²) in [4.78, 5) is 43.5. The van der Waals surface area contributed by atoms with Crippen LogP contribution in [0.3, 0.4) is 0 Å². The molecule has 166 valence electrons. The van der Waals surface area contributed by atoms with Gasteiger partial charge in [-0.2, -0.15) is 0 Å². The van der Waals surface area contributed by atoms with E-state index in [1.54, 1.807) is 6.92 Å². The SMILES string of the molecule is C[C@@H](O)[C@H]1C(=O)N2C(C(=O)O)=C(S[C@H]3C[C@@H](C(=O)N4CCNCC4)N(C)C3)[C@H](C)[C@H]12. The number of nitrogens with one attached hydrogen (secondary N) is 1. The number of thioether (sulfide) groups is 1. The maximum Gasteiger partial charge on any atom is 0.353 e. The van der Waals surface area contributed by atoms with Gasteiger partial charge in [0, 0.05) is 48.8 Å². The maximum absolute atomic E-state index is 13.0. The number of aliphatic hydroxyl groups is 1. The molecular weight excluding hydrogens is 408 g/mol. The molecule has 0 radical (unpaired) electrons. The Bertz CT molecular complexity index is 781. The zero-order valence-electron chi connectivity index (χ0n) is 17.6. The summed E-state index contributed by atoms with van der Waals surface area (Å²) in [6.07, 6.45) is -0.148. The van der Waals surface area contributed by atoms with E-state index >= 15 is 0 Å².